The number of likely N-dealkylation sites (tertiary alicyclic amines) is 1. The van der Waals surface area contributed by atoms with Crippen LogP contribution < -0.4 is 0 Å². The highest BCUT2D eigenvalue weighted by atomic mass is 16.1. The van der Waals surface area contributed by atoms with Crippen molar-refractivity contribution in [3.8, 4) is 0 Å². The van der Waals surface area contributed by atoms with E-state index in [9.17, 15) is 4.79 Å². The van der Waals surface area contributed by atoms with Gasteiger partial charge in [0.15, 0.2) is 5.78 Å². The van der Waals surface area contributed by atoms with Gasteiger partial charge >= 0.3 is 0 Å². The van der Waals surface area contributed by atoms with Gasteiger partial charge in [0.2, 0.25) is 0 Å². The standard InChI is InChI=1S/C18H24N2O/c1-3-14-8-6-7-11-20(14)12-17(21)18-13(2)19-16-10-5-4-9-15(16)18/h4-5,9-10,14,19H,3,6-8,11-12H2,1-2H3/t14-/m1/s1. The second kappa shape index (κ2) is 6.02. The molecule has 1 aromatic carbocycles. The van der Waals surface area contributed by atoms with Crippen molar-refractivity contribution in [1.29, 1.82) is 0 Å². The number of benzene rings is 1. The number of carbonyl (C=O) groups excluding carboxylic acids is 1. The van der Waals surface area contributed by atoms with Crippen molar-refractivity contribution in [2.75, 3.05) is 13.1 Å². The molecule has 1 aliphatic rings. The summed E-state index contributed by atoms with van der Waals surface area (Å²) in [7, 11) is 0. The first-order valence-corrected chi connectivity index (χ1v) is 8.05. The maximum absolute atomic E-state index is 12.8. The molecule has 2 aromatic rings. The number of H-pyrrole nitrogens is 1. The van der Waals surface area contributed by atoms with Gasteiger partial charge in [-0.05, 0) is 38.8 Å². The quantitative estimate of drug-likeness (QED) is 0.864. The molecule has 3 heteroatoms. The highest BCUT2D eigenvalue weighted by Crippen LogP contribution is 2.24. The zero-order chi connectivity index (χ0) is 14.8. The lowest BCUT2D eigenvalue weighted by Gasteiger charge is -2.34. The Morgan fingerprint density at radius 1 is 1.33 bits per heavy atom. The minimum Gasteiger partial charge on any atom is -0.358 e. The van der Waals surface area contributed by atoms with E-state index in [4.69, 9.17) is 0 Å². The first kappa shape index (κ1) is 14.3. The fraction of sp³-hybridized carbons (Fsp3) is 0.500. The van der Waals surface area contributed by atoms with Crippen LogP contribution in [0.2, 0.25) is 0 Å². The Bertz CT molecular complexity index is 644. The lowest BCUT2D eigenvalue weighted by Crippen LogP contribution is -2.42. The van der Waals surface area contributed by atoms with Crippen molar-refractivity contribution >= 4 is 16.7 Å². The first-order chi connectivity index (χ1) is 10.2. The Labute approximate surface area is 126 Å². The Morgan fingerprint density at radius 3 is 2.95 bits per heavy atom. The minimum atomic E-state index is 0.255. The lowest BCUT2D eigenvalue weighted by molar-refractivity contribution is 0.0839. The smallest absolute Gasteiger partial charge is 0.179 e. The molecule has 1 aliphatic heterocycles. The van der Waals surface area contributed by atoms with Crippen molar-refractivity contribution in [3.63, 3.8) is 0 Å². The van der Waals surface area contributed by atoms with Gasteiger partial charge in [-0.25, -0.2) is 0 Å². The van der Waals surface area contributed by atoms with Crippen LogP contribution in [0.1, 0.15) is 48.7 Å². The summed E-state index contributed by atoms with van der Waals surface area (Å²) in [5.41, 5.74) is 2.93. The number of hydrogen-bond acceptors (Lipinski definition) is 2. The van der Waals surface area contributed by atoms with E-state index in [-0.39, 0.29) is 5.78 Å². The molecule has 0 unspecified atom stereocenters. The average molecular weight is 284 g/mol. The number of aromatic nitrogens is 1. The number of aryl methyl sites for hydroxylation is 1. The molecule has 21 heavy (non-hydrogen) atoms. The van der Waals surface area contributed by atoms with Crippen LogP contribution in [-0.2, 0) is 0 Å². The van der Waals surface area contributed by atoms with Crippen LogP contribution in [0.4, 0.5) is 0 Å². The molecule has 1 N–H and O–H groups in total. The number of aromatic amines is 1. The van der Waals surface area contributed by atoms with E-state index in [1.807, 2.05) is 31.2 Å². The van der Waals surface area contributed by atoms with Gasteiger partial charge in [0.05, 0.1) is 6.54 Å². The predicted molar refractivity (Wildman–Crippen MR) is 86.9 cm³/mol. The Kier molecular flexibility index (Phi) is 4.11. The van der Waals surface area contributed by atoms with Gasteiger partial charge in [-0.15, -0.1) is 0 Å². The van der Waals surface area contributed by atoms with Crippen molar-refractivity contribution in [1.82, 2.24) is 9.88 Å². The highest BCUT2D eigenvalue weighted by Gasteiger charge is 2.25. The summed E-state index contributed by atoms with van der Waals surface area (Å²) < 4.78 is 0. The molecule has 0 radical (unpaired) electrons. The first-order valence-electron chi connectivity index (χ1n) is 8.05. The molecule has 1 aromatic heterocycles. The third kappa shape index (κ3) is 2.75. The Hall–Kier alpha value is -1.61. The number of piperidine rings is 1. The Morgan fingerprint density at radius 2 is 2.14 bits per heavy atom. The number of hydrogen-bond donors (Lipinski definition) is 1. The molecule has 3 nitrogen and oxygen atoms in total. The number of nitrogens with one attached hydrogen (secondary N) is 1. The molecule has 112 valence electrons. The van der Waals surface area contributed by atoms with Crippen LogP contribution in [0.5, 0.6) is 0 Å². The predicted octanol–water partition coefficient (Wildman–Crippen LogP) is 3.92. The second-order valence-corrected chi connectivity index (χ2v) is 6.12. The maximum atomic E-state index is 12.8. The minimum absolute atomic E-state index is 0.255. The number of carbonyl (C=O) groups is 1. The van der Waals surface area contributed by atoms with Crippen molar-refractivity contribution in [3.05, 3.63) is 35.5 Å². The van der Waals surface area contributed by atoms with Crippen LogP contribution in [0.3, 0.4) is 0 Å². The fourth-order valence-corrected chi connectivity index (χ4v) is 3.63. The van der Waals surface area contributed by atoms with Gasteiger partial charge in [0.25, 0.3) is 0 Å². The van der Waals surface area contributed by atoms with Crippen molar-refractivity contribution < 1.29 is 4.79 Å². The molecule has 0 saturated carbocycles. The summed E-state index contributed by atoms with van der Waals surface area (Å²) in [6.45, 7) is 5.85. The van der Waals surface area contributed by atoms with Crippen molar-refractivity contribution in [2.45, 2.75) is 45.6 Å². The molecule has 1 fully saturated rings. The molecule has 0 spiro atoms. The van der Waals surface area contributed by atoms with Gasteiger partial charge < -0.3 is 4.98 Å². The topological polar surface area (TPSA) is 36.1 Å². The molecule has 1 atom stereocenters. The van der Waals surface area contributed by atoms with E-state index in [0.29, 0.717) is 12.6 Å². The van der Waals surface area contributed by atoms with E-state index >= 15 is 0 Å². The largest absolute Gasteiger partial charge is 0.358 e. The van der Waals surface area contributed by atoms with E-state index in [1.165, 1.54) is 19.3 Å². The van der Waals surface area contributed by atoms with E-state index in [1.54, 1.807) is 0 Å². The Balaban J connectivity index is 1.85. The molecule has 0 bridgehead atoms. The third-order valence-corrected chi connectivity index (χ3v) is 4.74. The zero-order valence-electron chi connectivity index (χ0n) is 13.0. The second-order valence-electron chi connectivity index (χ2n) is 6.12. The number of fused-ring (bicyclic) bond motifs is 1. The summed E-state index contributed by atoms with van der Waals surface area (Å²) in [6.07, 6.45) is 4.89. The molecule has 3 rings (SSSR count). The molecule has 1 saturated heterocycles. The van der Waals surface area contributed by atoms with Crippen LogP contribution in [0.25, 0.3) is 10.9 Å². The van der Waals surface area contributed by atoms with Crippen LogP contribution >= 0.6 is 0 Å². The molecular formula is C18H24N2O. The van der Waals surface area contributed by atoms with Gasteiger partial charge in [-0.3, -0.25) is 9.69 Å². The van der Waals surface area contributed by atoms with Crippen LogP contribution in [0, 0.1) is 6.92 Å². The molecular weight excluding hydrogens is 260 g/mol. The van der Waals surface area contributed by atoms with Gasteiger partial charge in [-0.2, -0.15) is 0 Å². The van der Waals surface area contributed by atoms with Gasteiger partial charge in [-0.1, -0.05) is 31.5 Å². The SMILES string of the molecule is CC[C@@H]1CCCCN1CC(=O)c1c(C)[nH]c2ccccc12. The summed E-state index contributed by atoms with van der Waals surface area (Å²) in [5, 5.41) is 1.06. The van der Waals surface area contributed by atoms with E-state index < -0.39 is 0 Å². The number of para-hydroxylation sites is 1. The third-order valence-electron chi connectivity index (χ3n) is 4.74. The number of ketones is 1. The highest BCUT2D eigenvalue weighted by molar-refractivity contribution is 6.10. The van der Waals surface area contributed by atoms with Crippen molar-refractivity contribution in [2.24, 2.45) is 0 Å². The number of rotatable bonds is 4. The summed E-state index contributed by atoms with van der Waals surface area (Å²) in [6, 6.07) is 8.66. The monoisotopic (exact) mass is 284 g/mol. The van der Waals surface area contributed by atoms with E-state index in [0.717, 1.165) is 35.1 Å². The van der Waals surface area contributed by atoms with Gasteiger partial charge in [0, 0.05) is 28.2 Å². The summed E-state index contributed by atoms with van der Waals surface area (Å²) >= 11 is 0. The molecule has 2 heterocycles. The summed E-state index contributed by atoms with van der Waals surface area (Å²) in [4.78, 5) is 18.5. The average Bonchev–Trinajstić information content (AvgIpc) is 2.83. The van der Waals surface area contributed by atoms with Crippen LogP contribution in [0.15, 0.2) is 24.3 Å². The zero-order valence-corrected chi connectivity index (χ0v) is 13.0. The normalized spacial score (nSPS) is 20.0. The molecule has 0 amide bonds. The summed E-state index contributed by atoms with van der Waals surface area (Å²) in [5.74, 6) is 0.255. The van der Waals surface area contributed by atoms with E-state index in [2.05, 4.69) is 16.8 Å². The maximum Gasteiger partial charge on any atom is 0.179 e. The molecule has 0 aliphatic carbocycles. The lowest BCUT2D eigenvalue weighted by atomic mass is 9.98. The fourth-order valence-electron chi connectivity index (χ4n) is 3.63. The number of Topliss-reactive ketones (excluding diaryl/α,β-unsaturated/α-hetero) is 1. The number of nitrogens with zero attached hydrogens (tertiary/aromatic N) is 1. The van der Waals surface area contributed by atoms with Crippen LogP contribution in [-0.4, -0.2) is 34.8 Å². The van der Waals surface area contributed by atoms with Gasteiger partial charge in [0.1, 0.15) is 0 Å².